The Labute approximate surface area is 144 Å². The van der Waals surface area contributed by atoms with E-state index in [1.54, 1.807) is 30.3 Å². The van der Waals surface area contributed by atoms with Crippen molar-refractivity contribution in [1.82, 2.24) is 10.3 Å². The van der Waals surface area contributed by atoms with Crippen molar-refractivity contribution < 1.29 is 9.53 Å². The highest BCUT2D eigenvalue weighted by Gasteiger charge is 2.15. The standard InChI is InChI=1S/C16H17Cl2N3O2/c1-10(19)6-8-20-15(22)12-3-2-7-21-16(12)23-14-5-4-11(17)9-13(14)18/h2-5,7,9-10H,6,8,19H2,1H3,(H,20,22). The Kier molecular flexibility index (Phi) is 6.21. The molecular weight excluding hydrogens is 337 g/mol. The van der Waals surface area contributed by atoms with Crippen LogP contribution in [0, 0.1) is 0 Å². The molecule has 0 aliphatic carbocycles. The molecule has 1 atom stereocenters. The summed E-state index contributed by atoms with van der Waals surface area (Å²) in [5.41, 5.74) is 5.99. The summed E-state index contributed by atoms with van der Waals surface area (Å²) in [5, 5.41) is 3.62. The number of pyridine rings is 1. The van der Waals surface area contributed by atoms with Crippen molar-refractivity contribution in [2.45, 2.75) is 19.4 Å². The van der Waals surface area contributed by atoms with Gasteiger partial charge in [0, 0.05) is 23.8 Å². The van der Waals surface area contributed by atoms with Crippen molar-refractivity contribution in [2.75, 3.05) is 6.54 Å². The van der Waals surface area contributed by atoms with Crippen molar-refractivity contribution >= 4 is 29.1 Å². The number of hydrogen-bond donors (Lipinski definition) is 2. The number of halogens is 2. The number of rotatable bonds is 6. The zero-order chi connectivity index (χ0) is 16.8. The van der Waals surface area contributed by atoms with Crippen LogP contribution in [0.25, 0.3) is 0 Å². The molecule has 0 aliphatic rings. The van der Waals surface area contributed by atoms with Gasteiger partial charge in [-0.05, 0) is 43.7 Å². The topological polar surface area (TPSA) is 77.2 Å². The summed E-state index contributed by atoms with van der Waals surface area (Å²) in [6, 6.07) is 8.15. The highest BCUT2D eigenvalue weighted by molar-refractivity contribution is 6.35. The van der Waals surface area contributed by atoms with E-state index < -0.39 is 0 Å². The van der Waals surface area contributed by atoms with E-state index in [-0.39, 0.29) is 17.8 Å². The molecule has 2 aromatic rings. The molecule has 0 aliphatic heterocycles. The smallest absolute Gasteiger partial charge is 0.256 e. The van der Waals surface area contributed by atoms with Crippen molar-refractivity contribution in [2.24, 2.45) is 5.73 Å². The third kappa shape index (κ3) is 5.10. The van der Waals surface area contributed by atoms with Gasteiger partial charge in [-0.1, -0.05) is 23.2 Å². The lowest BCUT2D eigenvalue weighted by Crippen LogP contribution is -2.29. The summed E-state index contributed by atoms with van der Waals surface area (Å²) < 4.78 is 5.66. The molecule has 1 aromatic carbocycles. The van der Waals surface area contributed by atoms with Gasteiger partial charge in [-0.2, -0.15) is 0 Å². The van der Waals surface area contributed by atoms with Crippen LogP contribution in [0.3, 0.4) is 0 Å². The predicted molar refractivity (Wildman–Crippen MR) is 91.4 cm³/mol. The molecule has 1 unspecified atom stereocenters. The Bertz CT molecular complexity index is 693. The van der Waals surface area contributed by atoms with Crippen molar-refractivity contribution in [3.8, 4) is 11.6 Å². The van der Waals surface area contributed by atoms with Crippen LogP contribution < -0.4 is 15.8 Å². The normalized spacial score (nSPS) is 11.8. The third-order valence-corrected chi connectivity index (χ3v) is 3.53. The van der Waals surface area contributed by atoms with Crippen molar-refractivity contribution in [1.29, 1.82) is 0 Å². The lowest BCUT2D eigenvalue weighted by atomic mass is 10.2. The molecule has 3 N–H and O–H groups in total. The predicted octanol–water partition coefficient (Wildman–Crippen LogP) is 3.65. The average molecular weight is 354 g/mol. The zero-order valence-corrected chi connectivity index (χ0v) is 14.1. The van der Waals surface area contributed by atoms with Gasteiger partial charge in [0.2, 0.25) is 5.88 Å². The molecule has 0 saturated carbocycles. The minimum Gasteiger partial charge on any atom is -0.437 e. The molecule has 1 amide bonds. The number of carbonyl (C=O) groups is 1. The number of ether oxygens (including phenoxy) is 1. The Morgan fingerprint density at radius 3 is 2.87 bits per heavy atom. The second-order valence-electron chi connectivity index (χ2n) is 5.05. The van der Waals surface area contributed by atoms with Gasteiger partial charge in [-0.3, -0.25) is 4.79 Å². The number of nitrogens with zero attached hydrogens (tertiary/aromatic N) is 1. The molecule has 2 rings (SSSR count). The van der Waals surface area contributed by atoms with Gasteiger partial charge in [-0.15, -0.1) is 0 Å². The number of hydrogen-bond acceptors (Lipinski definition) is 4. The van der Waals surface area contributed by atoms with Crippen LogP contribution in [0.5, 0.6) is 11.6 Å². The van der Waals surface area contributed by atoms with E-state index in [2.05, 4.69) is 10.3 Å². The van der Waals surface area contributed by atoms with Crippen LogP contribution in [0.1, 0.15) is 23.7 Å². The van der Waals surface area contributed by atoms with E-state index in [1.807, 2.05) is 6.92 Å². The van der Waals surface area contributed by atoms with E-state index in [0.717, 1.165) is 0 Å². The maximum atomic E-state index is 12.3. The van der Waals surface area contributed by atoms with E-state index in [9.17, 15) is 4.79 Å². The van der Waals surface area contributed by atoms with Crippen LogP contribution in [-0.4, -0.2) is 23.5 Å². The summed E-state index contributed by atoms with van der Waals surface area (Å²) in [5.74, 6) is 0.272. The Hall–Kier alpha value is -1.82. The molecule has 1 aromatic heterocycles. The SMILES string of the molecule is CC(N)CCNC(=O)c1cccnc1Oc1ccc(Cl)cc1Cl. The Balaban J connectivity index is 2.15. The van der Waals surface area contributed by atoms with Crippen molar-refractivity contribution in [3.63, 3.8) is 0 Å². The number of nitrogens with one attached hydrogen (secondary N) is 1. The molecule has 0 saturated heterocycles. The quantitative estimate of drug-likeness (QED) is 0.830. The Morgan fingerprint density at radius 2 is 2.17 bits per heavy atom. The first-order valence-corrected chi connectivity index (χ1v) is 7.84. The summed E-state index contributed by atoms with van der Waals surface area (Å²) in [4.78, 5) is 16.4. The first-order valence-electron chi connectivity index (χ1n) is 7.09. The lowest BCUT2D eigenvalue weighted by molar-refractivity contribution is 0.0950. The maximum Gasteiger partial charge on any atom is 0.256 e. The van der Waals surface area contributed by atoms with Gasteiger partial charge >= 0.3 is 0 Å². The van der Waals surface area contributed by atoms with Crippen LogP contribution >= 0.6 is 23.2 Å². The minimum absolute atomic E-state index is 0.0211. The fourth-order valence-electron chi connectivity index (χ4n) is 1.82. The third-order valence-electron chi connectivity index (χ3n) is 3.00. The molecule has 122 valence electrons. The minimum atomic E-state index is -0.279. The fraction of sp³-hybridized carbons (Fsp3) is 0.250. The van der Waals surface area contributed by atoms with Gasteiger partial charge in [0.05, 0.1) is 5.02 Å². The molecule has 0 bridgehead atoms. The largest absolute Gasteiger partial charge is 0.437 e. The summed E-state index contributed by atoms with van der Waals surface area (Å²) in [6.45, 7) is 2.36. The Morgan fingerprint density at radius 1 is 1.39 bits per heavy atom. The number of amides is 1. The zero-order valence-electron chi connectivity index (χ0n) is 12.6. The lowest BCUT2D eigenvalue weighted by Gasteiger charge is -2.12. The molecular formula is C16H17Cl2N3O2. The van der Waals surface area contributed by atoms with Crippen LogP contribution in [0.15, 0.2) is 36.5 Å². The second kappa shape index (κ2) is 8.15. The molecule has 1 heterocycles. The fourth-order valence-corrected chi connectivity index (χ4v) is 2.26. The van der Waals surface area contributed by atoms with Crippen LogP contribution in [0.4, 0.5) is 0 Å². The van der Waals surface area contributed by atoms with Crippen LogP contribution in [0.2, 0.25) is 10.0 Å². The van der Waals surface area contributed by atoms with Gasteiger partial charge in [0.15, 0.2) is 0 Å². The van der Waals surface area contributed by atoms with Gasteiger partial charge in [-0.25, -0.2) is 4.98 Å². The van der Waals surface area contributed by atoms with Gasteiger partial charge in [0.25, 0.3) is 5.91 Å². The number of aromatic nitrogens is 1. The van der Waals surface area contributed by atoms with E-state index >= 15 is 0 Å². The molecule has 5 nitrogen and oxygen atoms in total. The summed E-state index contributed by atoms with van der Waals surface area (Å²) in [7, 11) is 0. The van der Waals surface area contributed by atoms with Crippen LogP contribution in [-0.2, 0) is 0 Å². The highest BCUT2D eigenvalue weighted by Crippen LogP contribution is 2.31. The van der Waals surface area contributed by atoms with E-state index in [4.69, 9.17) is 33.7 Å². The molecule has 7 heteroatoms. The number of nitrogens with two attached hydrogens (primary N) is 1. The summed E-state index contributed by atoms with van der Waals surface area (Å²) >= 11 is 11.9. The number of carbonyl (C=O) groups excluding carboxylic acids is 1. The molecule has 0 fully saturated rings. The van der Waals surface area contributed by atoms with Gasteiger partial charge < -0.3 is 15.8 Å². The van der Waals surface area contributed by atoms with Crippen molar-refractivity contribution in [3.05, 3.63) is 52.1 Å². The first kappa shape index (κ1) is 17.5. The molecule has 0 radical (unpaired) electrons. The monoisotopic (exact) mass is 353 g/mol. The first-order chi connectivity index (χ1) is 11.0. The molecule has 0 spiro atoms. The number of benzene rings is 1. The molecule has 23 heavy (non-hydrogen) atoms. The second-order valence-corrected chi connectivity index (χ2v) is 5.90. The average Bonchev–Trinajstić information content (AvgIpc) is 2.50. The maximum absolute atomic E-state index is 12.3. The highest BCUT2D eigenvalue weighted by atomic mass is 35.5. The summed E-state index contributed by atoms with van der Waals surface area (Å²) in [6.07, 6.45) is 2.23. The van der Waals surface area contributed by atoms with Gasteiger partial charge in [0.1, 0.15) is 11.3 Å². The van der Waals surface area contributed by atoms with E-state index in [1.165, 1.54) is 6.20 Å². The van der Waals surface area contributed by atoms with E-state index in [0.29, 0.717) is 34.3 Å².